The minimum absolute atomic E-state index is 0.102. The van der Waals surface area contributed by atoms with Crippen LogP contribution in [0.3, 0.4) is 0 Å². The molecule has 0 saturated carbocycles. The van der Waals surface area contributed by atoms with Crippen LogP contribution in [0.4, 0.5) is 5.95 Å². The molecular weight excluding hydrogens is 432 g/mol. The third-order valence-electron chi connectivity index (χ3n) is 5.23. The largest absolute Gasteiger partial charge is 0.493 e. The molecule has 1 fully saturated rings. The summed E-state index contributed by atoms with van der Waals surface area (Å²) in [5.74, 6) is 1.47. The van der Waals surface area contributed by atoms with Crippen LogP contribution in [0.25, 0.3) is 5.69 Å². The van der Waals surface area contributed by atoms with Crippen molar-refractivity contribution in [3.63, 3.8) is 0 Å². The number of halogens is 1. The van der Waals surface area contributed by atoms with Crippen molar-refractivity contribution in [1.29, 1.82) is 0 Å². The van der Waals surface area contributed by atoms with E-state index in [9.17, 15) is 4.79 Å². The zero-order chi connectivity index (χ0) is 22.5. The number of hydrogen-bond acceptors (Lipinski definition) is 7. The first-order chi connectivity index (χ1) is 15.6. The van der Waals surface area contributed by atoms with E-state index in [1.165, 1.54) is 7.11 Å². The van der Waals surface area contributed by atoms with Gasteiger partial charge in [-0.3, -0.25) is 4.79 Å². The number of rotatable bonds is 7. The van der Waals surface area contributed by atoms with Gasteiger partial charge in [-0.25, -0.2) is 0 Å². The summed E-state index contributed by atoms with van der Waals surface area (Å²) < 4.78 is 12.8. The maximum Gasteiger partial charge on any atom is 0.254 e. The number of benzene rings is 2. The summed E-state index contributed by atoms with van der Waals surface area (Å²) >= 11 is 6.39. The van der Waals surface area contributed by atoms with Gasteiger partial charge in [0.15, 0.2) is 11.5 Å². The van der Waals surface area contributed by atoms with E-state index in [1.54, 1.807) is 21.7 Å². The molecular formula is C22H25ClN6O3. The molecule has 1 saturated heterocycles. The van der Waals surface area contributed by atoms with Gasteiger partial charge in [-0.15, -0.1) is 0 Å². The number of anilines is 1. The molecule has 0 N–H and O–H groups in total. The number of tetrazole rings is 1. The van der Waals surface area contributed by atoms with Crippen LogP contribution in [0.1, 0.15) is 23.7 Å². The predicted molar refractivity (Wildman–Crippen MR) is 121 cm³/mol. The molecule has 2 heterocycles. The summed E-state index contributed by atoms with van der Waals surface area (Å²) in [6, 6.07) is 13.0. The second-order valence-electron chi connectivity index (χ2n) is 7.34. The van der Waals surface area contributed by atoms with Gasteiger partial charge < -0.3 is 19.3 Å². The Hall–Kier alpha value is -3.33. The fourth-order valence-corrected chi connectivity index (χ4v) is 3.86. The maximum atomic E-state index is 13.1. The van der Waals surface area contributed by atoms with Crippen LogP contribution in [-0.2, 0) is 0 Å². The number of nitrogens with zero attached hydrogens (tertiary/aromatic N) is 6. The van der Waals surface area contributed by atoms with Crippen molar-refractivity contribution in [3.8, 4) is 17.2 Å². The summed E-state index contributed by atoms with van der Waals surface area (Å²) in [5, 5.41) is 12.5. The van der Waals surface area contributed by atoms with Crippen LogP contribution in [0.5, 0.6) is 11.5 Å². The van der Waals surface area contributed by atoms with E-state index >= 15 is 0 Å². The molecule has 10 heteroatoms. The SMILES string of the molecule is CCCOc1c(Cl)cc(C(=O)N2CCN(c3nnnn3-c3ccccc3)CC2)cc1OC. The highest BCUT2D eigenvalue weighted by atomic mass is 35.5. The summed E-state index contributed by atoms with van der Waals surface area (Å²) in [4.78, 5) is 17.0. The van der Waals surface area contributed by atoms with Crippen molar-refractivity contribution in [3.05, 3.63) is 53.1 Å². The van der Waals surface area contributed by atoms with Crippen LogP contribution in [0, 0.1) is 0 Å². The van der Waals surface area contributed by atoms with Gasteiger partial charge in [0.05, 0.1) is 24.4 Å². The smallest absolute Gasteiger partial charge is 0.254 e. The van der Waals surface area contributed by atoms with Gasteiger partial charge in [-0.1, -0.05) is 41.8 Å². The first-order valence-corrected chi connectivity index (χ1v) is 10.9. The van der Waals surface area contributed by atoms with Crippen molar-refractivity contribution in [2.75, 3.05) is 44.8 Å². The number of para-hydroxylation sites is 1. The molecule has 168 valence electrons. The highest BCUT2D eigenvalue weighted by Gasteiger charge is 2.27. The van der Waals surface area contributed by atoms with E-state index in [0.29, 0.717) is 60.8 Å². The van der Waals surface area contributed by atoms with E-state index in [2.05, 4.69) is 20.4 Å². The summed E-state index contributed by atoms with van der Waals surface area (Å²) in [6.45, 7) is 4.83. The number of hydrogen-bond donors (Lipinski definition) is 0. The number of methoxy groups -OCH3 is 1. The summed E-state index contributed by atoms with van der Waals surface area (Å²) in [5.41, 5.74) is 1.36. The molecule has 32 heavy (non-hydrogen) atoms. The predicted octanol–water partition coefficient (Wildman–Crippen LogP) is 3.08. The quantitative estimate of drug-likeness (QED) is 0.540. The molecule has 0 aliphatic carbocycles. The average molecular weight is 457 g/mol. The zero-order valence-electron chi connectivity index (χ0n) is 18.1. The van der Waals surface area contributed by atoms with Gasteiger partial charge in [0.1, 0.15) is 0 Å². The monoisotopic (exact) mass is 456 g/mol. The highest BCUT2D eigenvalue weighted by Crippen LogP contribution is 2.37. The fourth-order valence-electron chi connectivity index (χ4n) is 3.60. The molecule has 2 aromatic carbocycles. The van der Waals surface area contributed by atoms with Gasteiger partial charge in [-0.2, -0.15) is 4.68 Å². The van der Waals surface area contributed by atoms with Gasteiger partial charge in [0.25, 0.3) is 5.91 Å². The molecule has 0 radical (unpaired) electrons. The first kappa shape index (κ1) is 21.9. The molecule has 1 aromatic heterocycles. The van der Waals surface area contributed by atoms with Crippen molar-refractivity contribution in [1.82, 2.24) is 25.1 Å². The van der Waals surface area contributed by atoms with Crippen molar-refractivity contribution in [2.45, 2.75) is 13.3 Å². The number of amides is 1. The topological polar surface area (TPSA) is 85.6 Å². The molecule has 0 spiro atoms. The van der Waals surface area contributed by atoms with Gasteiger partial charge >= 0.3 is 0 Å². The fraction of sp³-hybridized carbons (Fsp3) is 0.364. The van der Waals surface area contributed by atoms with Gasteiger partial charge in [-0.05, 0) is 41.1 Å². The van der Waals surface area contributed by atoms with E-state index in [0.717, 1.165) is 12.1 Å². The van der Waals surface area contributed by atoms with Crippen LogP contribution in [-0.4, -0.2) is 70.9 Å². The third-order valence-corrected chi connectivity index (χ3v) is 5.51. The first-order valence-electron chi connectivity index (χ1n) is 10.5. The number of aromatic nitrogens is 4. The Kier molecular flexibility index (Phi) is 6.75. The molecule has 4 rings (SSSR count). The standard InChI is InChI=1S/C22H25ClN6O3/c1-3-13-32-20-18(23)14-16(15-19(20)31-2)21(30)27-9-11-28(12-10-27)22-24-25-26-29(22)17-7-5-4-6-8-17/h4-8,14-15H,3,9-13H2,1-2H3. The lowest BCUT2D eigenvalue weighted by molar-refractivity contribution is 0.0745. The number of ether oxygens (including phenoxy) is 2. The van der Waals surface area contributed by atoms with Crippen LogP contribution < -0.4 is 14.4 Å². The highest BCUT2D eigenvalue weighted by molar-refractivity contribution is 6.32. The second kappa shape index (κ2) is 9.86. The number of carbonyl (C=O) groups is 1. The van der Waals surface area contributed by atoms with Crippen LogP contribution >= 0.6 is 11.6 Å². The number of carbonyl (C=O) groups excluding carboxylic acids is 1. The zero-order valence-corrected chi connectivity index (χ0v) is 18.8. The molecule has 9 nitrogen and oxygen atoms in total. The third kappa shape index (κ3) is 4.47. The summed E-state index contributed by atoms with van der Waals surface area (Å²) in [7, 11) is 1.54. The average Bonchev–Trinajstić information content (AvgIpc) is 3.33. The lowest BCUT2D eigenvalue weighted by Crippen LogP contribution is -2.49. The van der Waals surface area contributed by atoms with Gasteiger partial charge in [0, 0.05) is 31.7 Å². The molecule has 1 amide bonds. The van der Waals surface area contributed by atoms with Crippen molar-refractivity contribution < 1.29 is 14.3 Å². The Balaban J connectivity index is 1.46. The van der Waals surface area contributed by atoms with Crippen LogP contribution in [0.2, 0.25) is 5.02 Å². The minimum atomic E-state index is -0.102. The Bertz CT molecular complexity index is 1070. The van der Waals surface area contributed by atoms with Gasteiger partial charge in [0.2, 0.25) is 5.95 Å². The van der Waals surface area contributed by atoms with E-state index < -0.39 is 0 Å². The molecule has 0 bridgehead atoms. The van der Waals surface area contributed by atoms with Crippen molar-refractivity contribution in [2.24, 2.45) is 0 Å². The van der Waals surface area contributed by atoms with E-state index in [1.807, 2.05) is 37.3 Å². The summed E-state index contributed by atoms with van der Waals surface area (Å²) in [6.07, 6.45) is 0.845. The minimum Gasteiger partial charge on any atom is -0.493 e. The van der Waals surface area contributed by atoms with Crippen molar-refractivity contribution >= 4 is 23.5 Å². The van der Waals surface area contributed by atoms with Crippen LogP contribution in [0.15, 0.2) is 42.5 Å². The normalized spacial score (nSPS) is 13.8. The van der Waals surface area contributed by atoms with E-state index in [4.69, 9.17) is 21.1 Å². The second-order valence-corrected chi connectivity index (χ2v) is 7.75. The molecule has 1 aliphatic rings. The Morgan fingerprint density at radius 1 is 1.12 bits per heavy atom. The molecule has 3 aromatic rings. The Morgan fingerprint density at radius 3 is 2.56 bits per heavy atom. The molecule has 0 atom stereocenters. The maximum absolute atomic E-state index is 13.1. The Morgan fingerprint density at radius 2 is 1.88 bits per heavy atom. The molecule has 1 aliphatic heterocycles. The Labute approximate surface area is 191 Å². The molecule has 0 unspecified atom stereocenters. The van der Waals surface area contributed by atoms with E-state index in [-0.39, 0.29) is 5.91 Å². The lowest BCUT2D eigenvalue weighted by Gasteiger charge is -2.35. The number of piperazine rings is 1. The lowest BCUT2D eigenvalue weighted by atomic mass is 10.1.